The number of rotatable bonds is 1. The monoisotopic (exact) mass is 190 g/mol. The summed E-state index contributed by atoms with van der Waals surface area (Å²) in [6, 6.07) is 4.82. The SMILES string of the molecule is CN1CCCCCC1c1cccnc1. The maximum Gasteiger partial charge on any atom is 0.0360 e. The molecule has 0 N–H and O–H groups in total. The van der Waals surface area contributed by atoms with Crippen LogP contribution in [0, 0.1) is 0 Å². The van der Waals surface area contributed by atoms with E-state index < -0.39 is 0 Å². The fraction of sp³-hybridized carbons (Fsp3) is 0.583. The van der Waals surface area contributed by atoms with Crippen molar-refractivity contribution in [2.45, 2.75) is 31.7 Å². The first kappa shape index (κ1) is 9.66. The van der Waals surface area contributed by atoms with E-state index in [1.165, 1.54) is 37.8 Å². The molecule has 2 heteroatoms. The Hall–Kier alpha value is -0.890. The van der Waals surface area contributed by atoms with Crippen molar-refractivity contribution in [1.29, 1.82) is 0 Å². The summed E-state index contributed by atoms with van der Waals surface area (Å²) >= 11 is 0. The number of hydrogen-bond acceptors (Lipinski definition) is 2. The number of aromatic nitrogens is 1. The van der Waals surface area contributed by atoms with Crippen molar-refractivity contribution in [3.05, 3.63) is 30.1 Å². The van der Waals surface area contributed by atoms with Gasteiger partial charge in [0.25, 0.3) is 0 Å². The molecular weight excluding hydrogens is 172 g/mol. The van der Waals surface area contributed by atoms with Crippen molar-refractivity contribution in [2.24, 2.45) is 0 Å². The van der Waals surface area contributed by atoms with Crippen molar-refractivity contribution in [3.63, 3.8) is 0 Å². The minimum Gasteiger partial charge on any atom is -0.299 e. The molecule has 76 valence electrons. The Morgan fingerprint density at radius 1 is 1.36 bits per heavy atom. The summed E-state index contributed by atoms with van der Waals surface area (Å²) in [5.41, 5.74) is 1.37. The quantitative estimate of drug-likeness (QED) is 0.676. The summed E-state index contributed by atoms with van der Waals surface area (Å²) in [6.07, 6.45) is 9.20. The van der Waals surface area contributed by atoms with Crippen LogP contribution in [0.5, 0.6) is 0 Å². The molecular formula is C12H18N2. The number of hydrogen-bond donors (Lipinski definition) is 0. The molecule has 1 aliphatic rings. The van der Waals surface area contributed by atoms with E-state index in [4.69, 9.17) is 0 Å². The fourth-order valence-electron chi connectivity index (χ4n) is 2.25. The highest BCUT2D eigenvalue weighted by Crippen LogP contribution is 2.27. The van der Waals surface area contributed by atoms with E-state index in [1.54, 1.807) is 0 Å². The molecule has 1 aliphatic heterocycles. The van der Waals surface area contributed by atoms with Crippen molar-refractivity contribution >= 4 is 0 Å². The Morgan fingerprint density at radius 3 is 3.07 bits per heavy atom. The highest BCUT2D eigenvalue weighted by atomic mass is 15.1. The zero-order valence-corrected chi connectivity index (χ0v) is 8.82. The summed E-state index contributed by atoms with van der Waals surface area (Å²) in [4.78, 5) is 6.66. The van der Waals surface area contributed by atoms with Crippen LogP contribution in [0.15, 0.2) is 24.5 Å². The molecule has 0 saturated carbocycles. The minimum absolute atomic E-state index is 0.589. The van der Waals surface area contributed by atoms with Gasteiger partial charge in [0.05, 0.1) is 0 Å². The highest BCUT2D eigenvalue weighted by Gasteiger charge is 2.18. The molecule has 0 amide bonds. The molecule has 2 nitrogen and oxygen atoms in total. The summed E-state index contributed by atoms with van der Waals surface area (Å²) in [5.74, 6) is 0. The zero-order valence-electron chi connectivity index (χ0n) is 8.82. The van der Waals surface area contributed by atoms with Crippen molar-refractivity contribution in [1.82, 2.24) is 9.88 Å². The molecule has 1 atom stereocenters. The van der Waals surface area contributed by atoms with Crippen LogP contribution in [0.25, 0.3) is 0 Å². The molecule has 1 fully saturated rings. The normalized spacial score (nSPS) is 24.5. The minimum atomic E-state index is 0.589. The molecule has 1 aromatic rings. The Labute approximate surface area is 86.0 Å². The largest absolute Gasteiger partial charge is 0.299 e. The Bertz CT molecular complexity index is 271. The van der Waals surface area contributed by atoms with Crippen LogP contribution >= 0.6 is 0 Å². The summed E-state index contributed by atoms with van der Waals surface area (Å²) in [5, 5.41) is 0. The van der Waals surface area contributed by atoms with Crippen LogP contribution in [0.4, 0.5) is 0 Å². The van der Waals surface area contributed by atoms with Crippen LogP contribution in [0.3, 0.4) is 0 Å². The second kappa shape index (κ2) is 4.56. The maximum atomic E-state index is 4.20. The first-order valence-corrected chi connectivity index (χ1v) is 5.48. The topological polar surface area (TPSA) is 16.1 Å². The van der Waals surface area contributed by atoms with Gasteiger partial charge < -0.3 is 0 Å². The molecule has 1 saturated heterocycles. The third kappa shape index (κ3) is 2.13. The van der Waals surface area contributed by atoms with Crippen LogP contribution < -0.4 is 0 Å². The molecule has 0 aliphatic carbocycles. The molecule has 0 aromatic carbocycles. The molecule has 2 heterocycles. The predicted molar refractivity (Wildman–Crippen MR) is 58.1 cm³/mol. The van der Waals surface area contributed by atoms with E-state index in [1.807, 2.05) is 18.5 Å². The van der Waals surface area contributed by atoms with Gasteiger partial charge in [-0.2, -0.15) is 0 Å². The zero-order chi connectivity index (χ0) is 9.80. The van der Waals surface area contributed by atoms with E-state index in [2.05, 4.69) is 23.0 Å². The predicted octanol–water partition coefficient (Wildman–Crippen LogP) is 2.63. The van der Waals surface area contributed by atoms with E-state index >= 15 is 0 Å². The molecule has 0 radical (unpaired) electrons. The molecule has 0 spiro atoms. The second-order valence-electron chi connectivity index (χ2n) is 4.13. The van der Waals surface area contributed by atoms with Gasteiger partial charge in [0.2, 0.25) is 0 Å². The number of nitrogens with zero attached hydrogens (tertiary/aromatic N) is 2. The molecule has 1 unspecified atom stereocenters. The number of likely N-dealkylation sites (tertiary alicyclic amines) is 1. The van der Waals surface area contributed by atoms with Crippen molar-refractivity contribution in [2.75, 3.05) is 13.6 Å². The maximum absolute atomic E-state index is 4.20. The van der Waals surface area contributed by atoms with Gasteiger partial charge >= 0.3 is 0 Å². The highest BCUT2D eigenvalue weighted by molar-refractivity contribution is 5.14. The lowest BCUT2D eigenvalue weighted by Gasteiger charge is -2.25. The molecule has 14 heavy (non-hydrogen) atoms. The van der Waals surface area contributed by atoms with Gasteiger partial charge in [-0.15, -0.1) is 0 Å². The summed E-state index contributed by atoms with van der Waals surface area (Å²) in [7, 11) is 2.23. The Kier molecular flexibility index (Phi) is 3.14. The summed E-state index contributed by atoms with van der Waals surface area (Å²) in [6.45, 7) is 1.22. The first-order chi connectivity index (χ1) is 6.88. The smallest absolute Gasteiger partial charge is 0.0360 e. The van der Waals surface area contributed by atoms with Gasteiger partial charge in [-0.3, -0.25) is 9.88 Å². The van der Waals surface area contributed by atoms with Crippen molar-refractivity contribution in [3.8, 4) is 0 Å². The van der Waals surface area contributed by atoms with Crippen LogP contribution in [-0.4, -0.2) is 23.5 Å². The fourth-order valence-corrected chi connectivity index (χ4v) is 2.25. The van der Waals surface area contributed by atoms with Gasteiger partial charge in [-0.1, -0.05) is 18.9 Å². The lowest BCUT2D eigenvalue weighted by Crippen LogP contribution is -2.23. The van der Waals surface area contributed by atoms with Gasteiger partial charge in [0.15, 0.2) is 0 Å². The average molecular weight is 190 g/mol. The average Bonchev–Trinajstić information content (AvgIpc) is 2.44. The van der Waals surface area contributed by atoms with E-state index in [0.29, 0.717) is 6.04 Å². The number of pyridine rings is 1. The van der Waals surface area contributed by atoms with Gasteiger partial charge in [-0.05, 0) is 38.1 Å². The van der Waals surface area contributed by atoms with Crippen LogP contribution in [0.1, 0.15) is 37.3 Å². The molecule has 2 rings (SSSR count). The van der Waals surface area contributed by atoms with Gasteiger partial charge in [0, 0.05) is 18.4 Å². The lowest BCUT2D eigenvalue weighted by molar-refractivity contribution is 0.250. The lowest BCUT2D eigenvalue weighted by atomic mass is 10.0. The van der Waals surface area contributed by atoms with Crippen molar-refractivity contribution < 1.29 is 0 Å². The van der Waals surface area contributed by atoms with E-state index in [9.17, 15) is 0 Å². The van der Waals surface area contributed by atoms with Gasteiger partial charge in [0.1, 0.15) is 0 Å². The Balaban J connectivity index is 2.15. The van der Waals surface area contributed by atoms with E-state index in [-0.39, 0.29) is 0 Å². The third-order valence-electron chi connectivity index (χ3n) is 3.09. The van der Waals surface area contributed by atoms with E-state index in [0.717, 1.165) is 0 Å². The molecule has 0 bridgehead atoms. The standard InChI is InChI=1S/C12H18N2/c1-14-9-4-2-3-7-12(14)11-6-5-8-13-10-11/h5-6,8,10,12H,2-4,7,9H2,1H3. The third-order valence-corrected chi connectivity index (χ3v) is 3.09. The second-order valence-corrected chi connectivity index (χ2v) is 4.13. The molecule has 1 aromatic heterocycles. The Morgan fingerprint density at radius 2 is 2.29 bits per heavy atom. The van der Waals surface area contributed by atoms with Crippen LogP contribution in [0.2, 0.25) is 0 Å². The summed E-state index contributed by atoms with van der Waals surface area (Å²) < 4.78 is 0. The van der Waals surface area contributed by atoms with Crippen LogP contribution in [-0.2, 0) is 0 Å². The van der Waals surface area contributed by atoms with Gasteiger partial charge in [-0.25, -0.2) is 0 Å². The first-order valence-electron chi connectivity index (χ1n) is 5.48.